The normalized spacial score (nSPS) is 11.6. The Morgan fingerprint density at radius 2 is 2.00 bits per heavy atom. The van der Waals surface area contributed by atoms with Crippen LogP contribution in [0.2, 0.25) is 0 Å². The van der Waals surface area contributed by atoms with Crippen LogP contribution < -0.4 is 10.0 Å². The van der Waals surface area contributed by atoms with Crippen molar-refractivity contribution in [2.45, 2.75) is 23.3 Å². The van der Waals surface area contributed by atoms with Crippen molar-refractivity contribution in [1.82, 2.24) is 5.32 Å². The molecule has 0 aliphatic heterocycles. The third-order valence-electron chi connectivity index (χ3n) is 2.92. The molecule has 0 saturated heterocycles. The first-order valence-electron chi connectivity index (χ1n) is 6.37. The Morgan fingerprint density at radius 1 is 1.29 bits per heavy atom. The van der Waals surface area contributed by atoms with Gasteiger partial charge in [-0.25, -0.2) is 8.42 Å². The summed E-state index contributed by atoms with van der Waals surface area (Å²) >= 11 is 1.49. The summed E-state index contributed by atoms with van der Waals surface area (Å²) in [6.45, 7) is 2.13. The molecule has 114 valence electrons. The fourth-order valence-electron chi connectivity index (χ4n) is 1.98. The largest absolute Gasteiger partial charge is 0.464 e. The number of anilines is 1. The minimum Gasteiger partial charge on any atom is -0.464 e. The highest BCUT2D eigenvalue weighted by molar-refractivity contribution is 7.99. The zero-order chi connectivity index (χ0) is 15.5. The molecule has 0 fully saturated rings. The first-order chi connectivity index (χ1) is 9.97. The smallest absolute Gasteiger partial charge is 0.265 e. The van der Waals surface area contributed by atoms with E-state index in [0.29, 0.717) is 23.8 Å². The molecular formula is C14H18N2O3S2. The fraction of sp³-hybridized carbons (Fsp3) is 0.286. The highest BCUT2D eigenvalue weighted by Gasteiger charge is 2.22. The maximum absolute atomic E-state index is 12.5. The first kappa shape index (κ1) is 15.9. The van der Waals surface area contributed by atoms with Crippen molar-refractivity contribution in [3.05, 3.63) is 41.9 Å². The van der Waals surface area contributed by atoms with Gasteiger partial charge in [-0.2, -0.15) is 0 Å². The summed E-state index contributed by atoms with van der Waals surface area (Å²) in [6, 6.07) is 8.84. The average Bonchev–Trinajstić information content (AvgIpc) is 2.81. The van der Waals surface area contributed by atoms with Crippen LogP contribution >= 0.6 is 11.8 Å². The second kappa shape index (κ2) is 6.55. The summed E-state index contributed by atoms with van der Waals surface area (Å²) in [5.74, 6) is 0.975. The monoisotopic (exact) mass is 326 g/mol. The van der Waals surface area contributed by atoms with Gasteiger partial charge in [0, 0.05) is 11.0 Å². The maximum atomic E-state index is 12.5. The minimum atomic E-state index is -3.66. The minimum absolute atomic E-state index is 0.170. The van der Waals surface area contributed by atoms with Crippen LogP contribution in [0.4, 0.5) is 5.69 Å². The van der Waals surface area contributed by atoms with Crippen molar-refractivity contribution in [3.63, 3.8) is 0 Å². The quantitative estimate of drug-likeness (QED) is 0.799. The van der Waals surface area contributed by atoms with Gasteiger partial charge in [-0.1, -0.05) is 12.1 Å². The Morgan fingerprint density at radius 3 is 2.67 bits per heavy atom. The van der Waals surface area contributed by atoms with Gasteiger partial charge >= 0.3 is 0 Å². The molecule has 5 nitrogen and oxygen atoms in total. The summed E-state index contributed by atoms with van der Waals surface area (Å²) in [5, 5.41) is 2.93. The van der Waals surface area contributed by atoms with E-state index in [1.165, 1.54) is 11.8 Å². The predicted octanol–water partition coefficient (Wildman–Crippen LogP) is 2.83. The lowest BCUT2D eigenvalue weighted by Crippen LogP contribution is -2.13. The van der Waals surface area contributed by atoms with Gasteiger partial charge in [-0.3, -0.25) is 4.72 Å². The number of rotatable bonds is 6. The standard InChI is InChI=1S/C14H18N2O3S2/c1-10-14(8-11(19-10)9-15-2)21(17,18)16-12-6-4-5-7-13(12)20-3/h4-8,15-16H,9H2,1-3H3. The van der Waals surface area contributed by atoms with E-state index in [-0.39, 0.29) is 4.90 Å². The van der Waals surface area contributed by atoms with Gasteiger partial charge in [0.2, 0.25) is 0 Å². The molecule has 1 aromatic heterocycles. The van der Waals surface area contributed by atoms with Gasteiger partial charge in [-0.15, -0.1) is 11.8 Å². The Balaban J connectivity index is 2.34. The molecule has 1 heterocycles. The van der Waals surface area contributed by atoms with Gasteiger partial charge in [-0.05, 0) is 32.4 Å². The second-order valence-electron chi connectivity index (χ2n) is 4.47. The summed E-state index contributed by atoms with van der Waals surface area (Å²) < 4.78 is 33.1. The topological polar surface area (TPSA) is 71.3 Å². The molecule has 2 aromatic rings. The number of thioether (sulfide) groups is 1. The highest BCUT2D eigenvalue weighted by atomic mass is 32.2. The number of hydrogen-bond donors (Lipinski definition) is 2. The van der Waals surface area contributed by atoms with E-state index >= 15 is 0 Å². The number of benzene rings is 1. The van der Waals surface area contributed by atoms with Crippen molar-refractivity contribution in [2.24, 2.45) is 0 Å². The zero-order valence-electron chi connectivity index (χ0n) is 12.1. The van der Waals surface area contributed by atoms with E-state index in [0.717, 1.165) is 4.90 Å². The number of aryl methyl sites for hydroxylation is 1. The second-order valence-corrected chi connectivity index (χ2v) is 6.97. The number of hydrogen-bond acceptors (Lipinski definition) is 5. The van der Waals surface area contributed by atoms with Crippen molar-refractivity contribution in [2.75, 3.05) is 18.0 Å². The van der Waals surface area contributed by atoms with Gasteiger partial charge in [0.25, 0.3) is 10.0 Å². The molecule has 1 aromatic carbocycles. The van der Waals surface area contributed by atoms with Crippen LogP contribution in [0, 0.1) is 6.92 Å². The summed E-state index contributed by atoms with van der Waals surface area (Å²) in [6.07, 6.45) is 1.90. The van der Waals surface area contributed by atoms with Gasteiger partial charge in [0.05, 0.1) is 12.2 Å². The van der Waals surface area contributed by atoms with E-state index < -0.39 is 10.0 Å². The molecule has 7 heteroatoms. The van der Waals surface area contributed by atoms with E-state index in [2.05, 4.69) is 10.0 Å². The van der Waals surface area contributed by atoms with Crippen LogP contribution in [0.5, 0.6) is 0 Å². The summed E-state index contributed by atoms with van der Waals surface area (Å²) in [4.78, 5) is 1.04. The van der Waals surface area contributed by atoms with Crippen LogP contribution in [0.1, 0.15) is 11.5 Å². The Labute approximate surface area is 129 Å². The number of nitrogens with one attached hydrogen (secondary N) is 2. The van der Waals surface area contributed by atoms with Crippen molar-refractivity contribution < 1.29 is 12.8 Å². The maximum Gasteiger partial charge on any atom is 0.265 e. The van der Waals surface area contributed by atoms with Gasteiger partial charge in [0.15, 0.2) is 0 Å². The van der Waals surface area contributed by atoms with Gasteiger partial charge < -0.3 is 9.73 Å². The molecule has 0 spiro atoms. The third kappa shape index (κ3) is 3.61. The van der Waals surface area contributed by atoms with E-state index in [9.17, 15) is 8.42 Å². The molecule has 0 bridgehead atoms. The van der Waals surface area contributed by atoms with E-state index in [4.69, 9.17) is 4.42 Å². The summed E-state index contributed by atoms with van der Waals surface area (Å²) in [7, 11) is -1.88. The first-order valence-corrected chi connectivity index (χ1v) is 9.08. The molecule has 0 saturated carbocycles. The molecule has 0 aliphatic carbocycles. The Hall–Kier alpha value is -1.44. The molecular weight excluding hydrogens is 308 g/mol. The van der Waals surface area contributed by atoms with E-state index in [1.54, 1.807) is 32.2 Å². The molecule has 0 unspecified atom stereocenters. The van der Waals surface area contributed by atoms with Crippen LogP contribution in [0.25, 0.3) is 0 Å². The van der Waals surface area contributed by atoms with Crippen LogP contribution in [0.15, 0.2) is 44.5 Å². The molecule has 2 rings (SSSR count). The van der Waals surface area contributed by atoms with Crippen molar-refractivity contribution in [3.8, 4) is 0 Å². The fourth-order valence-corrected chi connectivity index (χ4v) is 3.88. The molecule has 2 N–H and O–H groups in total. The molecule has 0 atom stereocenters. The van der Waals surface area contributed by atoms with Crippen LogP contribution in [-0.2, 0) is 16.6 Å². The van der Waals surface area contributed by atoms with Crippen molar-refractivity contribution >= 4 is 27.5 Å². The highest BCUT2D eigenvalue weighted by Crippen LogP contribution is 2.28. The Bertz CT molecular complexity index is 724. The number of para-hydroxylation sites is 1. The lowest BCUT2D eigenvalue weighted by Gasteiger charge is -2.10. The lowest BCUT2D eigenvalue weighted by molar-refractivity contribution is 0.466. The summed E-state index contributed by atoms with van der Waals surface area (Å²) in [5.41, 5.74) is 0.570. The lowest BCUT2D eigenvalue weighted by atomic mass is 10.3. The Kier molecular flexibility index (Phi) is 4.97. The van der Waals surface area contributed by atoms with E-state index in [1.807, 2.05) is 18.4 Å². The average molecular weight is 326 g/mol. The van der Waals surface area contributed by atoms with Crippen molar-refractivity contribution in [1.29, 1.82) is 0 Å². The zero-order valence-corrected chi connectivity index (χ0v) is 13.8. The predicted molar refractivity (Wildman–Crippen MR) is 85.2 cm³/mol. The molecule has 0 amide bonds. The number of furan rings is 1. The molecule has 21 heavy (non-hydrogen) atoms. The van der Waals surface area contributed by atoms with Crippen LogP contribution in [-0.4, -0.2) is 21.7 Å². The molecule has 0 radical (unpaired) electrons. The number of sulfonamides is 1. The molecule has 0 aliphatic rings. The SMILES string of the molecule is CNCc1cc(S(=O)(=O)Nc2ccccc2SC)c(C)o1. The third-order valence-corrected chi connectivity index (χ3v) is 5.18. The van der Waals surface area contributed by atoms with Gasteiger partial charge in [0.1, 0.15) is 16.4 Å². The van der Waals surface area contributed by atoms with Crippen LogP contribution in [0.3, 0.4) is 0 Å².